The van der Waals surface area contributed by atoms with Crippen LogP contribution in [-0.4, -0.2) is 15.1 Å². The molecule has 1 N–H and O–H groups in total. The second kappa shape index (κ2) is 7.38. The van der Waals surface area contributed by atoms with E-state index in [1.165, 1.54) is 63.1 Å². The lowest BCUT2D eigenvalue weighted by Gasteiger charge is -2.33. The van der Waals surface area contributed by atoms with E-state index in [4.69, 9.17) is 5.10 Å². The summed E-state index contributed by atoms with van der Waals surface area (Å²) in [6, 6.07) is 7.08. The molecule has 5 nitrogen and oxygen atoms in total. The van der Waals surface area contributed by atoms with E-state index >= 15 is 0 Å². The minimum atomic E-state index is -0.0826. The van der Waals surface area contributed by atoms with Gasteiger partial charge in [0.2, 0.25) is 0 Å². The van der Waals surface area contributed by atoms with Crippen molar-refractivity contribution in [2.24, 2.45) is 16.9 Å². The third-order valence-corrected chi connectivity index (χ3v) is 5.73. The van der Waals surface area contributed by atoms with Gasteiger partial charge in [-0.25, -0.2) is 4.98 Å². The zero-order valence-corrected chi connectivity index (χ0v) is 14.7. The van der Waals surface area contributed by atoms with Gasteiger partial charge in [-0.05, 0) is 50.2 Å². The molecule has 5 heteroatoms. The molecule has 2 fully saturated rings. The largest absolute Gasteiger partial charge is 0.269 e. The summed E-state index contributed by atoms with van der Waals surface area (Å²) in [6.45, 7) is 0. The molecule has 4 rings (SSSR count). The van der Waals surface area contributed by atoms with Crippen molar-refractivity contribution < 1.29 is 0 Å². The van der Waals surface area contributed by atoms with Crippen molar-refractivity contribution in [1.29, 1.82) is 0 Å². The quantitative estimate of drug-likeness (QED) is 0.852. The number of pyridine rings is 1. The Morgan fingerprint density at radius 2 is 1.92 bits per heavy atom. The maximum absolute atomic E-state index is 12.2. The van der Waals surface area contributed by atoms with Gasteiger partial charge in [0.1, 0.15) is 5.65 Å². The first-order valence-electron chi connectivity index (χ1n) is 9.62. The molecule has 1 atom stereocenters. The van der Waals surface area contributed by atoms with E-state index in [9.17, 15) is 4.79 Å². The number of anilines is 1. The van der Waals surface area contributed by atoms with Crippen LogP contribution < -0.4 is 11.0 Å². The molecule has 0 saturated heterocycles. The van der Waals surface area contributed by atoms with Gasteiger partial charge in [-0.2, -0.15) is 5.10 Å². The van der Waals surface area contributed by atoms with Gasteiger partial charge in [0, 0.05) is 23.9 Å². The number of hydrogen-bond donors (Lipinski definition) is 1. The third-order valence-electron chi connectivity index (χ3n) is 5.73. The SMILES string of the molecule is O=c1cc(N/N=C2\CCCCC2C2CCCCC2)nc2ccccn12. The molecule has 0 radical (unpaired) electrons. The van der Waals surface area contributed by atoms with Crippen LogP contribution in [0.25, 0.3) is 5.65 Å². The number of nitrogens with zero attached hydrogens (tertiary/aromatic N) is 3. The second-order valence-corrected chi connectivity index (χ2v) is 7.37. The molecule has 0 aromatic carbocycles. The number of hydrazone groups is 1. The Morgan fingerprint density at radius 3 is 2.80 bits per heavy atom. The highest BCUT2D eigenvalue weighted by Crippen LogP contribution is 2.37. The van der Waals surface area contributed by atoms with Crippen LogP contribution in [0.15, 0.2) is 40.4 Å². The average molecular weight is 338 g/mol. The molecule has 132 valence electrons. The topological polar surface area (TPSA) is 58.8 Å². The van der Waals surface area contributed by atoms with Gasteiger partial charge in [-0.3, -0.25) is 14.6 Å². The number of fused-ring (bicyclic) bond motifs is 1. The maximum Gasteiger partial charge on any atom is 0.260 e. The predicted molar refractivity (Wildman–Crippen MR) is 101 cm³/mol. The van der Waals surface area contributed by atoms with Crippen molar-refractivity contribution in [2.75, 3.05) is 5.43 Å². The van der Waals surface area contributed by atoms with E-state index in [2.05, 4.69) is 10.4 Å². The highest BCUT2D eigenvalue weighted by atomic mass is 16.1. The summed E-state index contributed by atoms with van der Waals surface area (Å²) in [5.74, 6) is 1.95. The molecule has 2 heterocycles. The van der Waals surface area contributed by atoms with Crippen LogP contribution >= 0.6 is 0 Å². The maximum atomic E-state index is 12.2. The summed E-state index contributed by atoms with van der Waals surface area (Å²) >= 11 is 0. The molecule has 25 heavy (non-hydrogen) atoms. The van der Waals surface area contributed by atoms with Crippen molar-refractivity contribution in [2.45, 2.75) is 57.8 Å². The van der Waals surface area contributed by atoms with Crippen LogP contribution in [-0.2, 0) is 0 Å². The average Bonchev–Trinajstić information content (AvgIpc) is 2.67. The van der Waals surface area contributed by atoms with Crippen molar-refractivity contribution in [3.05, 3.63) is 40.8 Å². The molecule has 0 aliphatic heterocycles. The van der Waals surface area contributed by atoms with E-state index in [0.717, 1.165) is 12.3 Å². The zero-order chi connectivity index (χ0) is 17.1. The Kier molecular flexibility index (Phi) is 4.81. The molecule has 2 aliphatic rings. The Hall–Kier alpha value is -2.17. The lowest BCUT2D eigenvalue weighted by molar-refractivity contribution is 0.274. The van der Waals surface area contributed by atoms with Crippen molar-refractivity contribution in [3.8, 4) is 0 Å². The van der Waals surface area contributed by atoms with Gasteiger partial charge < -0.3 is 0 Å². The molecule has 0 amide bonds. The Labute approximate surface area is 148 Å². The van der Waals surface area contributed by atoms with Crippen LogP contribution in [0.1, 0.15) is 57.8 Å². The number of aromatic nitrogens is 2. The first kappa shape index (κ1) is 16.3. The monoisotopic (exact) mass is 338 g/mol. The summed E-state index contributed by atoms with van der Waals surface area (Å²) < 4.78 is 1.55. The number of nitrogens with one attached hydrogen (secondary N) is 1. The van der Waals surface area contributed by atoms with Gasteiger partial charge in [0.25, 0.3) is 5.56 Å². The highest BCUT2D eigenvalue weighted by Gasteiger charge is 2.29. The minimum absolute atomic E-state index is 0.0826. The normalized spacial score (nSPS) is 23.8. The van der Waals surface area contributed by atoms with Crippen molar-refractivity contribution in [3.63, 3.8) is 0 Å². The van der Waals surface area contributed by atoms with Gasteiger partial charge in [-0.15, -0.1) is 0 Å². The smallest absolute Gasteiger partial charge is 0.260 e. The van der Waals surface area contributed by atoms with Crippen molar-refractivity contribution in [1.82, 2.24) is 9.38 Å². The fraction of sp³-hybridized carbons (Fsp3) is 0.550. The van der Waals surface area contributed by atoms with Gasteiger partial charge >= 0.3 is 0 Å². The summed E-state index contributed by atoms with van der Waals surface area (Å²) in [4.78, 5) is 16.7. The highest BCUT2D eigenvalue weighted by molar-refractivity contribution is 5.88. The summed E-state index contributed by atoms with van der Waals surface area (Å²) in [7, 11) is 0. The minimum Gasteiger partial charge on any atom is -0.269 e. The number of rotatable bonds is 3. The van der Waals surface area contributed by atoms with E-state index in [-0.39, 0.29) is 5.56 Å². The summed E-state index contributed by atoms with van der Waals surface area (Å²) in [5.41, 5.74) is 4.93. The number of hydrogen-bond acceptors (Lipinski definition) is 4. The standard InChI is InChI=1S/C20H26N4O/c25-20-14-18(21-19-12-6-7-13-24(19)20)23-22-17-11-5-4-10-16(17)15-8-2-1-3-9-15/h6-7,12-16,23H,1-5,8-11H2/b22-17+. The van der Waals surface area contributed by atoms with Gasteiger partial charge in [-0.1, -0.05) is 31.7 Å². The molecule has 2 aromatic rings. The van der Waals surface area contributed by atoms with E-state index in [1.54, 1.807) is 10.6 Å². The molecule has 0 spiro atoms. The Bertz CT molecular complexity index is 820. The molecule has 1 unspecified atom stereocenters. The molecular formula is C20H26N4O. The third kappa shape index (κ3) is 3.60. The first-order chi connectivity index (χ1) is 12.3. The van der Waals surface area contributed by atoms with Gasteiger partial charge in [0.05, 0.1) is 0 Å². The van der Waals surface area contributed by atoms with E-state index in [0.29, 0.717) is 17.4 Å². The molecule has 2 aromatic heterocycles. The molecule has 0 bridgehead atoms. The fourth-order valence-corrected chi connectivity index (χ4v) is 4.45. The van der Waals surface area contributed by atoms with Crippen LogP contribution in [0.2, 0.25) is 0 Å². The first-order valence-corrected chi connectivity index (χ1v) is 9.62. The zero-order valence-electron chi connectivity index (χ0n) is 14.7. The van der Waals surface area contributed by atoms with Crippen LogP contribution in [0.5, 0.6) is 0 Å². The molecule has 2 saturated carbocycles. The van der Waals surface area contributed by atoms with Gasteiger partial charge in [0.15, 0.2) is 5.82 Å². The lowest BCUT2D eigenvalue weighted by Crippen LogP contribution is -2.29. The predicted octanol–water partition coefficient (Wildman–Crippen LogP) is 4.23. The van der Waals surface area contributed by atoms with E-state index in [1.807, 2.05) is 18.2 Å². The Balaban J connectivity index is 1.55. The summed E-state index contributed by atoms with van der Waals surface area (Å²) in [5, 5.41) is 4.71. The fourth-order valence-electron chi connectivity index (χ4n) is 4.45. The van der Waals surface area contributed by atoms with Crippen molar-refractivity contribution >= 4 is 17.2 Å². The molecular weight excluding hydrogens is 312 g/mol. The van der Waals surface area contributed by atoms with Crippen LogP contribution in [0, 0.1) is 11.8 Å². The second-order valence-electron chi connectivity index (χ2n) is 7.37. The van der Waals surface area contributed by atoms with Crippen LogP contribution in [0.3, 0.4) is 0 Å². The Morgan fingerprint density at radius 1 is 1.08 bits per heavy atom. The van der Waals surface area contributed by atoms with E-state index < -0.39 is 0 Å². The summed E-state index contributed by atoms with van der Waals surface area (Å²) in [6.07, 6.45) is 13.4. The van der Waals surface area contributed by atoms with Crippen LogP contribution in [0.4, 0.5) is 5.82 Å². The molecule has 2 aliphatic carbocycles. The lowest BCUT2D eigenvalue weighted by atomic mass is 9.72.